The first-order valence-corrected chi connectivity index (χ1v) is 9.82. The van der Waals surface area contributed by atoms with Gasteiger partial charge in [0.15, 0.2) is 0 Å². The van der Waals surface area contributed by atoms with Gasteiger partial charge < -0.3 is 9.88 Å². The van der Waals surface area contributed by atoms with Crippen LogP contribution in [0.4, 0.5) is 0 Å². The van der Waals surface area contributed by atoms with Crippen LogP contribution >= 0.6 is 0 Å². The average Bonchev–Trinajstić information content (AvgIpc) is 3.05. The summed E-state index contributed by atoms with van der Waals surface area (Å²) in [6.45, 7) is 5.17. The van der Waals surface area contributed by atoms with Gasteiger partial charge in [-0.2, -0.15) is 0 Å². The Hall–Kier alpha value is -3.14. The normalized spacial score (nSPS) is 11.4. The van der Waals surface area contributed by atoms with E-state index in [1.165, 1.54) is 16.3 Å². The summed E-state index contributed by atoms with van der Waals surface area (Å²) in [6, 6.07) is 23.1. The summed E-state index contributed by atoms with van der Waals surface area (Å²) in [5.41, 5.74) is 3.39. The summed E-state index contributed by atoms with van der Waals surface area (Å²) in [4.78, 5) is 16.7. The van der Waals surface area contributed by atoms with Crippen molar-refractivity contribution in [3.05, 3.63) is 78.1 Å². The molecule has 1 N–H and O–H groups in total. The van der Waals surface area contributed by atoms with Crippen molar-refractivity contribution in [2.45, 2.75) is 26.8 Å². The number of aromatic nitrogens is 2. The van der Waals surface area contributed by atoms with E-state index in [2.05, 4.69) is 58.4 Å². The van der Waals surface area contributed by atoms with Crippen LogP contribution < -0.4 is 5.32 Å². The number of nitrogens with one attached hydrogen (secondary N) is 1. The fourth-order valence-electron chi connectivity index (χ4n) is 3.60. The molecule has 0 fully saturated rings. The molecule has 4 heteroatoms. The van der Waals surface area contributed by atoms with Gasteiger partial charge in [-0.3, -0.25) is 4.79 Å². The molecule has 3 aromatic carbocycles. The molecule has 0 saturated carbocycles. The summed E-state index contributed by atoms with van der Waals surface area (Å²) < 4.78 is 2.28. The number of carbonyl (C=O) groups is 1. The Balaban J connectivity index is 1.68. The third-order valence-corrected chi connectivity index (χ3v) is 5.11. The number of benzene rings is 3. The molecule has 4 aromatic rings. The SMILES string of the molecule is CC(C)C(=O)NCCc1nc2ccccc2n1Cc1cccc2ccccc12. The van der Waals surface area contributed by atoms with Crippen LogP contribution in [0.5, 0.6) is 0 Å². The number of amides is 1. The van der Waals surface area contributed by atoms with Crippen molar-refractivity contribution >= 4 is 27.7 Å². The third kappa shape index (κ3) is 3.63. The van der Waals surface area contributed by atoms with E-state index in [4.69, 9.17) is 4.98 Å². The van der Waals surface area contributed by atoms with E-state index < -0.39 is 0 Å². The average molecular weight is 371 g/mol. The van der Waals surface area contributed by atoms with Crippen LogP contribution in [0.2, 0.25) is 0 Å². The van der Waals surface area contributed by atoms with Gasteiger partial charge in [-0.15, -0.1) is 0 Å². The highest BCUT2D eigenvalue weighted by Crippen LogP contribution is 2.23. The van der Waals surface area contributed by atoms with Gasteiger partial charge in [0, 0.05) is 25.4 Å². The van der Waals surface area contributed by atoms with E-state index in [0.29, 0.717) is 13.0 Å². The quantitative estimate of drug-likeness (QED) is 0.540. The van der Waals surface area contributed by atoms with Crippen LogP contribution in [0.3, 0.4) is 0 Å². The summed E-state index contributed by atoms with van der Waals surface area (Å²) in [5.74, 6) is 1.07. The summed E-state index contributed by atoms with van der Waals surface area (Å²) in [7, 11) is 0. The van der Waals surface area contributed by atoms with Crippen molar-refractivity contribution in [1.82, 2.24) is 14.9 Å². The Bertz CT molecular complexity index is 1120. The highest BCUT2D eigenvalue weighted by atomic mass is 16.1. The molecule has 0 unspecified atom stereocenters. The molecule has 1 heterocycles. The number of carbonyl (C=O) groups excluding carboxylic acids is 1. The van der Waals surface area contributed by atoms with Gasteiger partial charge in [0.2, 0.25) is 5.91 Å². The lowest BCUT2D eigenvalue weighted by Crippen LogP contribution is -2.30. The largest absolute Gasteiger partial charge is 0.355 e. The zero-order valence-electron chi connectivity index (χ0n) is 16.4. The van der Waals surface area contributed by atoms with Crippen LogP contribution in [0.15, 0.2) is 66.7 Å². The van der Waals surface area contributed by atoms with E-state index in [0.717, 1.165) is 23.4 Å². The van der Waals surface area contributed by atoms with Gasteiger partial charge in [-0.1, -0.05) is 68.4 Å². The molecule has 4 nitrogen and oxygen atoms in total. The van der Waals surface area contributed by atoms with Crippen LogP contribution in [-0.2, 0) is 17.8 Å². The number of rotatable bonds is 6. The van der Waals surface area contributed by atoms with Crippen LogP contribution in [0.1, 0.15) is 25.2 Å². The number of imidazole rings is 1. The molecule has 0 saturated heterocycles. The molecule has 142 valence electrons. The van der Waals surface area contributed by atoms with Crippen LogP contribution in [0.25, 0.3) is 21.8 Å². The maximum absolute atomic E-state index is 11.9. The van der Waals surface area contributed by atoms with Gasteiger partial charge in [-0.25, -0.2) is 4.98 Å². The standard InChI is InChI=1S/C24H25N3O/c1-17(2)24(28)25-15-14-23-26-21-12-5-6-13-22(21)27(23)16-19-10-7-9-18-8-3-4-11-20(18)19/h3-13,17H,14-16H2,1-2H3,(H,25,28). The first-order chi connectivity index (χ1) is 13.6. The van der Waals surface area contributed by atoms with E-state index in [-0.39, 0.29) is 11.8 Å². The molecular formula is C24H25N3O. The minimum absolute atomic E-state index is 0.00509. The Morgan fingerprint density at radius 2 is 1.75 bits per heavy atom. The van der Waals surface area contributed by atoms with E-state index >= 15 is 0 Å². The van der Waals surface area contributed by atoms with Crippen molar-refractivity contribution in [3.63, 3.8) is 0 Å². The molecule has 0 aliphatic heterocycles. The Kier molecular flexibility index (Phi) is 5.11. The molecule has 0 bridgehead atoms. The van der Waals surface area contributed by atoms with Gasteiger partial charge in [0.25, 0.3) is 0 Å². The lowest BCUT2D eigenvalue weighted by atomic mass is 10.0. The van der Waals surface area contributed by atoms with Gasteiger partial charge in [0.05, 0.1) is 11.0 Å². The Morgan fingerprint density at radius 1 is 1.00 bits per heavy atom. The summed E-state index contributed by atoms with van der Waals surface area (Å²) in [6.07, 6.45) is 0.706. The predicted octanol–water partition coefficient (Wildman–Crippen LogP) is 4.55. The molecule has 4 rings (SSSR count). The predicted molar refractivity (Wildman–Crippen MR) is 114 cm³/mol. The van der Waals surface area contributed by atoms with Crippen molar-refractivity contribution in [2.75, 3.05) is 6.54 Å². The second-order valence-electron chi connectivity index (χ2n) is 7.44. The number of fused-ring (bicyclic) bond motifs is 2. The molecule has 0 aliphatic carbocycles. The van der Waals surface area contributed by atoms with Gasteiger partial charge >= 0.3 is 0 Å². The highest BCUT2D eigenvalue weighted by Gasteiger charge is 2.13. The monoisotopic (exact) mass is 371 g/mol. The molecule has 0 atom stereocenters. The minimum atomic E-state index is -0.00509. The molecule has 0 spiro atoms. The lowest BCUT2D eigenvalue weighted by Gasteiger charge is -2.13. The van der Waals surface area contributed by atoms with Crippen LogP contribution in [0, 0.1) is 5.92 Å². The zero-order chi connectivity index (χ0) is 19.5. The van der Waals surface area contributed by atoms with Crippen LogP contribution in [-0.4, -0.2) is 22.0 Å². The maximum atomic E-state index is 11.9. The topological polar surface area (TPSA) is 46.9 Å². The molecule has 1 aromatic heterocycles. The molecular weight excluding hydrogens is 346 g/mol. The van der Waals surface area contributed by atoms with E-state index in [9.17, 15) is 4.79 Å². The second-order valence-corrected chi connectivity index (χ2v) is 7.44. The van der Waals surface area contributed by atoms with E-state index in [1.54, 1.807) is 0 Å². The number of para-hydroxylation sites is 2. The first kappa shape index (κ1) is 18.2. The smallest absolute Gasteiger partial charge is 0.222 e. The van der Waals surface area contributed by atoms with Crippen molar-refractivity contribution in [1.29, 1.82) is 0 Å². The van der Waals surface area contributed by atoms with Crippen molar-refractivity contribution in [2.24, 2.45) is 5.92 Å². The van der Waals surface area contributed by atoms with Crippen molar-refractivity contribution < 1.29 is 4.79 Å². The Labute approximate surface area is 165 Å². The minimum Gasteiger partial charge on any atom is -0.355 e. The molecule has 1 amide bonds. The number of nitrogens with zero attached hydrogens (tertiary/aromatic N) is 2. The lowest BCUT2D eigenvalue weighted by molar-refractivity contribution is -0.123. The molecule has 0 aliphatic rings. The van der Waals surface area contributed by atoms with Gasteiger partial charge in [0.1, 0.15) is 5.82 Å². The highest BCUT2D eigenvalue weighted by molar-refractivity contribution is 5.86. The first-order valence-electron chi connectivity index (χ1n) is 9.82. The summed E-state index contributed by atoms with van der Waals surface area (Å²) in [5, 5.41) is 5.51. The fourth-order valence-corrected chi connectivity index (χ4v) is 3.60. The zero-order valence-corrected chi connectivity index (χ0v) is 16.4. The third-order valence-electron chi connectivity index (χ3n) is 5.11. The van der Waals surface area contributed by atoms with Gasteiger partial charge in [-0.05, 0) is 28.5 Å². The molecule has 28 heavy (non-hydrogen) atoms. The fraction of sp³-hybridized carbons (Fsp3) is 0.250. The number of hydrogen-bond acceptors (Lipinski definition) is 2. The Morgan fingerprint density at radius 3 is 2.61 bits per heavy atom. The second kappa shape index (κ2) is 7.85. The maximum Gasteiger partial charge on any atom is 0.222 e. The summed E-state index contributed by atoms with van der Waals surface area (Å²) >= 11 is 0. The number of hydrogen-bond donors (Lipinski definition) is 1. The van der Waals surface area contributed by atoms with Crippen molar-refractivity contribution in [3.8, 4) is 0 Å². The molecule has 0 radical (unpaired) electrons. The van der Waals surface area contributed by atoms with E-state index in [1.807, 2.05) is 32.0 Å².